The van der Waals surface area contributed by atoms with Gasteiger partial charge in [0.15, 0.2) is 0 Å². The highest BCUT2D eigenvalue weighted by Gasteiger charge is 2.24. The van der Waals surface area contributed by atoms with Crippen molar-refractivity contribution in [1.82, 2.24) is 10.2 Å². The third-order valence-electron chi connectivity index (χ3n) is 3.81. The summed E-state index contributed by atoms with van der Waals surface area (Å²) in [5.41, 5.74) is 2.15. The zero-order chi connectivity index (χ0) is 13.9. The molecule has 0 aromatic heterocycles. The number of nitrogens with one attached hydrogen (secondary N) is 1. The molecular weight excluding hydrogens is 288 g/mol. The number of carbonyl (C=O) groups is 1. The molecule has 2 aliphatic heterocycles. The van der Waals surface area contributed by atoms with Crippen molar-refractivity contribution in [2.45, 2.75) is 17.5 Å². The third kappa shape index (κ3) is 3.00. The van der Waals surface area contributed by atoms with Crippen LogP contribution in [-0.2, 0) is 0 Å². The van der Waals surface area contributed by atoms with Crippen LogP contribution in [0.15, 0.2) is 24.3 Å². The molecule has 1 atom stereocenters. The molecule has 0 spiro atoms. The summed E-state index contributed by atoms with van der Waals surface area (Å²) < 4.78 is 0.553. The van der Waals surface area contributed by atoms with Crippen LogP contribution in [0.4, 0.5) is 0 Å². The first kappa shape index (κ1) is 14.3. The molecule has 2 fully saturated rings. The smallest absolute Gasteiger partial charge is 0.254 e. The lowest BCUT2D eigenvalue weighted by Crippen LogP contribution is -2.52. The summed E-state index contributed by atoms with van der Waals surface area (Å²) in [4.78, 5) is 14.5. The number of carbonyl (C=O) groups excluding carboxylic acids is 1. The van der Waals surface area contributed by atoms with Gasteiger partial charge in [-0.25, -0.2) is 0 Å². The van der Waals surface area contributed by atoms with Gasteiger partial charge in [-0.2, -0.15) is 0 Å². The standard InChI is InChI=1S/C15H20N2OS2/c1-11-10-16-6-7-17(11)14(18)12-2-4-13(5-3-12)15-19-8-9-20-15/h2-5,11,15-16H,6-10H2,1H3/t11-/m1/s1. The number of rotatable bonds is 2. The predicted molar refractivity (Wildman–Crippen MR) is 87.5 cm³/mol. The first-order valence-electron chi connectivity index (χ1n) is 7.10. The van der Waals surface area contributed by atoms with Crippen molar-refractivity contribution in [3.05, 3.63) is 35.4 Å². The molecule has 0 saturated carbocycles. The average molecular weight is 308 g/mol. The Kier molecular flexibility index (Phi) is 4.58. The van der Waals surface area contributed by atoms with Crippen molar-refractivity contribution in [1.29, 1.82) is 0 Å². The molecule has 0 aliphatic carbocycles. The molecule has 1 N–H and O–H groups in total. The summed E-state index contributed by atoms with van der Waals surface area (Å²) in [6, 6.07) is 8.50. The molecule has 1 aromatic rings. The van der Waals surface area contributed by atoms with Gasteiger partial charge in [0.2, 0.25) is 0 Å². The molecule has 20 heavy (non-hydrogen) atoms. The van der Waals surface area contributed by atoms with E-state index in [0.717, 1.165) is 25.2 Å². The van der Waals surface area contributed by atoms with E-state index >= 15 is 0 Å². The second-order valence-corrected chi connectivity index (χ2v) is 7.97. The van der Waals surface area contributed by atoms with Crippen LogP contribution in [0.5, 0.6) is 0 Å². The first-order chi connectivity index (χ1) is 9.75. The zero-order valence-electron chi connectivity index (χ0n) is 11.7. The molecule has 0 unspecified atom stereocenters. The van der Waals surface area contributed by atoms with Crippen molar-refractivity contribution in [3.8, 4) is 0 Å². The second-order valence-electron chi connectivity index (χ2n) is 5.25. The highest BCUT2D eigenvalue weighted by molar-refractivity contribution is 8.19. The molecule has 2 saturated heterocycles. The van der Waals surface area contributed by atoms with E-state index < -0.39 is 0 Å². The number of benzene rings is 1. The fourth-order valence-corrected chi connectivity index (χ4v) is 5.50. The van der Waals surface area contributed by atoms with Gasteiger partial charge in [-0.1, -0.05) is 12.1 Å². The molecule has 2 heterocycles. The summed E-state index contributed by atoms with van der Waals surface area (Å²) >= 11 is 4.00. The summed E-state index contributed by atoms with van der Waals surface area (Å²) in [5, 5.41) is 3.32. The lowest BCUT2D eigenvalue weighted by Gasteiger charge is -2.34. The van der Waals surface area contributed by atoms with Crippen molar-refractivity contribution in [2.75, 3.05) is 31.1 Å². The van der Waals surface area contributed by atoms with E-state index in [1.807, 2.05) is 40.6 Å². The van der Waals surface area contributed by atoms with Gasteiger partial charge in [0.05, 0.1) is 4.58 Å². The van der Waals surface area contributed by atoms with Crippen LogP contribution < -0.4 is 5.32 Å². The molecule has 3 nitrogen and oxygen atoms in total. The predicted octanol–water partition coefficient (Wildman–Crippen LogP) is 2.60. The Morgan fingerprint density at radius 3 is 2.60 bits per heavy atom. The number of hydrogen-bond acceptors (Lipinski definition) is 4. The van der Waals surface area contributed by atoms with Gasteiger partial charge < -0.3 is 10.2 Å². The van der Waals surface area contributed by atoms with E-state index in [1.54, 1.807) is 0 Å². The summed E-state index contributed by atoms with van der Waals surface area (Å²) in [5.74, 6) is 2.63. The Morgan fingerprint density at radius 2 is 1.95 bits per heavy atom. The first-order valence-corrected chi connectivity index (χ1v) is 9.20. The van der Waals surface area contributed by atoms with E-state index in [-0.39, 0.29) is 11.9 Å². The highest BCUT2D eigenvalue weighted by Crippen LogP contribution is 2.45. The van der Waals surface area contributed by atoms with Crippen LogP contribution in [0.2, 0.25) is 0 Å². The van der Waals surface area contributed by atoms with Gasteiger partial charge in [-0.05, 0) is 24.6 Å². The van der Waals surface area contributed by atoms with Crippen molar-refractivity contribution in [2.24, 2.45) is 0 Å². The molecule has 3 rings (SSSR count). The fraction of sp³-hybridized carbons (Fsp3) is 0.533. The lowest BCUT2D eigenvalue weighted by molar-refractivity contribution is 0.0656. The van der Waals surface area contributed by atoms with Crippen LogP contribution in [0.1, 0.15) is 27.4 Å². The Labute approximate surface area is 128 Å². The molecule has 0 bridgehead atoms. The number of amides is 1. The van der Waals surface area contributed by atoms with E-state index in [9.17, 15) is 4.79 Å². The van der Waals surface area contributed by atoms with Crippen molar-refractivity contribution in [3.63, 3.8) is 0 Å². The van der Waals surface area contributed by atoms with Crippen molar-refractivity contribution < 1.29 is 4.79 Å². The van der Waals surface area contributed by atoms with Crippen molar-refractivity contribution >= 4 is 29.4 Å². The van der Waals surface area contributed by atoms with E-state index in [0.29, 0.717) is 4.58 Å². The number of thioether (sulfide) groups is 2. The van der Waals surface area contributed by atoms with Gasteiger partial charge in [0, 0.05) is 42.7 Å². The zero-order valence-corrected chi connectivity index (χ0v) is 13.3. The molecular formula is C15H20N2OS2. The normalized spacial score (nSPS) is 24.1. The summed E-state index contributed by atoms with van der Waals surface area (Å²) in [6.07, 6.45) is 0. The maximum Gasteiger partial charge on any atom is 0.254 e. The SMILES string of the molecule is C[C@@H]1CNCCN1C(=O)c1ccc(C2SCCS2)cc1. The third-order valence-corrected chi connectivity index (χ3v) is 6.92. The molecule has 1 aromatic carbocycles. The van der Waals surface area contributed by atoms with E-state index in [4.69, 9.17) is 0 Å². The molecule has 2 aliphatic rings. The minimum Gasteiger partial charge on any atom is -0.333 e. The molecule has 5 heteroatoms. The molecule has 1 amide bonds. The number of piperazine rings is 1. The van der Waals surface area contributed by atoms with Gasteiger partial charge in [-0.15, -0.1) is 23.5 Å². The topological polar surface area (TPSA) is 32.3 Å². The number of hydrogen-bond donors (Lipinski definition) is 1. The van der Waals surface area contributed by atoms with Crippen LogP contribution in [0.25, 0.3) is 0 Å². The summed E-state index contributed by atoms with van der Waals surface area (Å²) in [7, 11) is 0. The van der Waals surface area contributed by atoms with E-state index in [1.165, 1.54) is 17.1 Å². The Bertz CT molecular complexity index is 471. The van der Waals surface area contributed by atoms with E-state index in [2.05, 4.69) is 24.4 Å². The Hall–Kier alpha value is -0.650. The minimum absolute atomic E-state index is 0.164. The van der Waals surface area contributed by atoms with Gasteiger partial charge in [0.25, 0.3) is 5.91 Å². The van der Waals surface area contributed by atoms with Gasteiger partial charge in [-0.3, -0.25) is 4.79 Å². The Morgan fingerprint density at radius 1 is 1.25 bits per heavy atom. The lowest BCUT2D eigenvalue weighted by atomic mass is 10.1. The van der Waals surface area contributed by atoms with Gasteiger partial charge in [0.1, 0.15) is 0 Å². The maximum absolute atomic E-state index is 12.5. The maximum atomic E-state index is 12.5. The average Bonchev–Trinajstić information content (AvgIpc) is 3.01. The summed E-state index contributed by atoms with van der Waals surface area (Å²) in [6.45, 7) is 4.68. The number of nitrogens with zero attached hydrogens (tertiary/aromatic N) is 1. The van der Waals surface area contributed by atoms with Crippen LogP contribution >= 0.6 is 23.5 Å². The highest BCUT2D eigenvalue weighted by atomic mass is 32.2. The molecule has 108 valence electrons. The van der Waals surface area contributed by atoms with Crippen LogP contribution in [0.3, 0.4) is 0 Å². The Balaban J connectivity index is 1.71. The monoisotopic (exact) mass is 308 g/mol. The minimum atomic E-state index is 0.164. The van der Waals surface area contributed by atoms with Crippen LogP contribution in [-0.4, -0.2) is 48.0 Å². The quantitative estimate of drug-likeness (QED) is 0.910. The van der Waals surface area contributed by atoms with Gasteiger partial charge >= 0.3 is 0 Å². The molecule has 0 radical (unpaired) electrons. The fourth-order valence-electron chi connectivity index (χ4n) is 2.64. The van der Waals surface area contributed by atoms with Crippen LogP contribution in [0, 0.1) is 0 Å². The second kappa shape index (κ2) is 6.41. The largest absolute Gasteiger partial charge is 0.333 e.